The minimum Gasteiger partial charge on any atom is -0.359 e. The fraction of sp³-hybridized carbons (Fsp3) is 0.250. The Balaban J connectivity index is 1.77. The van der Waals surface area contributed by atoms with Gasteiger partial charge in [-0.1, -0.05) is 0 Å². The number of carbonyl (C=O) groups excluding carboxylic acids is 1. The summed E-state index contributed by atoms with van der Waals surface area (Å²) in [6.07, 6.45) is 10.1. The zero-order chi connectivity index (χ0) is 13.5. The number of amides is 1. The summed E-state index contributed by atoms with van der Waals surface area (Å²) in [5.74, 6) is -0.0550. The van der Waals surface area contributed by atoms with Gasteiger partial charge in [-0.25, -0.2) is 0 Å². The molecule has 2 N–H and O–H groups in total. The first-order valence-electron chi connectivity index (χ1n) is 6.99. The van der Waals surface area contributed by atoms with Gasteiger partial charge in [0.25, 0.3) is 5.91 Å². The Morgan fingerprint density at radius 3 is 3.05 bits per heavy atom. The van der Waals surface area contributed by atoms with E-state index in [1.807, 2.05) is 12.1 Å². The molecule has 0 atom stereocenters. The predicted molar refractivity (Wildman–Crippen MR) is 78.2 cm³/mol. The van der Waals surface area contributed by atoms with Gasteiger partial charge in [-0.2, -0.15) is 0 Å². The molecule has 1 aliphatic carbocycles. The summed E-state index contributed by atoms with van der Waals surface area (Å²) in [6.45, 7) is 0. The van der Waals surface area contributed by atoms with E-state index in [1.54, 1.807) is 12.4 Å². The van der Waals surface area contributed by atoms with Crippen molar-refractivity contribution in [3.05, 3.63) is 47.0 Å². The molecule has 3 heterocycles. The maximum Gasteiger partial charge on any atom is 0.256 e. The molecule has 1 aliphatic heterocycles. The number of H-pyrrole nitrogens is 1. The van der Waals surface area contributed by atoms with Crippen LogP contribution in [-0.2, 0) is 17.6 Å². The summed E-state index contributed by atoms with van der Waals surface area (Å²) >= 11 is 0. The maximum atomic E-state index is 12.1. The first-order valence-corrected chi connectivity index (χ1v) is 6.99. The van der Waals surface area contributed by atoms with Gasteiger partial charge in [-0.15, -0.1) is 0 Å². The molecule has 2 aromatic rings. The molecule has 100 valence electrons. The summed E-state index contributed by atoms with van der Waals surface area (Å²) in [5.41, 5.74) is 6.14. The highest BCUT2D eigenvalue weighted by atomic mass is 16.2. The summed E-state index contributed by atoms with van der Waals surface area (Å²) in [5, 5.41) is 2.87. The van der Waals surface area contributed by atoms with Gasteiger partial charge in [0.2, 0.25) is 0 Å². The topological polar surface area (TPSA) is 57.8 Å². The molecule has 0 saturated carbocycles. The van der Waals surface area contributed by atoms with Gasteiger partial charge in [-0.3, -0.25) is 9.78 Å². The van der Waals surface area contributed by atoms with E-state index in [9.17, 15) is 4.79 Å². The van der Waals surface area contributed by atoms with Gasteiger partial charge >= 0.3 is 0 Å². The van der Waals surface area contributed by atoms with Crippen molar-refractivity contribution < 1.29 is 4.79 Å². The van der Waals surface area contributed by atoms with Crippen LogP contribution in [0, 0.1) is 0 Å². The van der Waals surface area contributed by atoms with Crippen molar-refractivity contribution in [2.45, 2.75) is 25.7 Å². The van der Waals surface area contributed by atoms with Crippen molar-refractivity contribution in [3.8, 4) is 0 Å². The van der Waals surface area contributed by atoms with Crippen molar-refractivity contribution in [1.82, 2.24) is 9.97 Å². The summed E-state index contributed by atoms with van der Waals surface area (Å²) in [4.78, 5) is 19.6. The quantitative estimate of drug-likeness (QED) is 0.779. The van der Waals surface area contributed by atoms with E-state index in [0.29, 0.717) is 5.57 Å². The van der Waals surface area contributed by atoms with Crippen LogP contribution in [0.5, 0.6) is 0 Å². The van der Waals surface area contributed by atoms with Crippen molar-refractivity contribution >= 4 is 23.2 Å². The van der Waals surface area contributed by atoms with Crippen molar-refractivity contribution in [3.63, 3.8) is 0 Å². The number of fused-ring (bicyclic) bond motifs is 2. The number of hydrogen-bond donors (Lipinski definition) is 2. The van der Waals surface area contributed by atoms with Gasteiger partial charge in [0.1, 0.15) is 0 Å². The lowest BCUT2D eigenvalue weighted by Gasteiger charge is -2.08. The molecule has 20 heavy (non-hydrogen) atoms. The second kappa shape index (κ2) is 4.34. The third kappa shape index (κ3) is 1.76. The number of aromatic nitrogens is 2. The number of aryl methyl sites for hydroxylation is 2. The average molecular weight is 265 g/mol. The van der Waals surface area contributed by atoms with Crippen molar-refractivity contribution in [2.24, 2.45) is 0 Å². The van der Waals surface area contributed by atoms with Crippen LogP contribution < -0.4 is 5.32 Å². The van der Waals surface area contributed by atoms with Gasteiger partial charge in [0.15, 0.2) is 0 Å². The molecule has 0 aromatic carbocycles. The lowest BCUT2D eigenvalue weighted by Crippen LogP contribution is -2.03. The van der Waals surface area contributed by atoms with Crippen LogP contribution >= 0.6 is 0 Å². The van der Waals surface area contributed by atoms with Crippen LogP contribution in [0.25, 0.3) is 11.6 Å². The van der Waals surface area contributed by atoms with E-state index >= 15 is 0 Å². The van der Waals surface area contributed by atoms with Crippen LogP contribution in [0.15, 0.2) is 24.5 Å². The molecule has 0 unspecified atom stereocenters. The third-order valence-electron chi connectivity index (χ3n) is 4.04. The molecule has 0 fully saturated rings. The Labute approximate surface area is 116 Å². The zero-order valence-electron chi connectivity index (χ0n) is 11.1. The number of carbonyl (C=O) groups is 1. The van der Waals surface area contributed by atoms with E-state index in [1.165, 1.54) is 24.1 Å². The Morgan fingerprint density at radius 2 is 2.15 bits per heavy atom. The minimum absolute atomic E-state index is 0.0550. The van der Waals surface area contributed by atoms with E-state index in [4.69, 9.17) is 0 Å². The molecule has 0 saturated heterocycles. The minimum atomic E-state index is -0.0550. The molecule has 0 radical (unpaired) electrons. The number of rotatable bonds is 1. The number of aromatic amines is 1. The van der Waals surface area contributed by atoms with Gasteiger partial charge in [-0.05, 0) is 49.5 Å². The second-order valence-electron chi connectivity index (χ2n) is 5.37. The van der Waals surface area contributed by atoms with E-state index in [2.05, 4.69) is 21.4 Å². The normalized spacial score (nSPS) is 18.8. The number of nitrogens with zero attached hydrogens (tertiary/aromatic N) is 1. The molecule has 4 heteroatoms. The Kier molecular flexibility index (Phi) is 2.49. The smallest absolute Gasteiger partial charge is 0.256 e. The van der Waals surface area contributed by atoms with Crippen LogP contribution in [0.2, 0.25) is 0 Å². The molecule has 1 amide bonds. The van der Waals surface area contributed by atoms with Gasteiger partial charge < -0.3 is 10.3 Å². The van der Waals surface area contributed by atoms with Gasteiger partial charge in [0.05, 0.1) is 11.3 Å². The molecule has 2 aromatic heterocycles. The highest BCUT2D eigenvalue weighted by Crippen LogP contribution is 2.32. The fourth-order valence-corrected chi connectivity index (χ4v) is 3.04. The monoisotopic (exact) mass is 265 g/mol. The maximum absolute atomic E-state index is 12.1. The van der Waals surface area contributed by atoms with E-state index < -0.39 is 0 Å². The largest absolute Gasteiger partial charge is 0.359 e. The first kappa shape index (κ1) is 11.5. The summed E-state index contributed by atoms with van der Waals surface area (Å²) in [7, 11) is 0. The molecule has 0 spiro atoms. The summed E-state index contributed by atoms with van der Waals surface area (Å²) < 4.78 is 0. The Bertz CT molecular complexity index is 704. The van der Waals surface area contributed by atoms with E-state index in [-0.39, 0.29) is 5.91 Å². The molecule has 0 bridgehead atoms. The Hall–Kier alpha value is -2.36. The first-order chi connectivity index (χ1) is 9.81. The number of hydrogen-bond acceptors (Lipinski definition) is 2. The number of pyridine rings is 1. The SMILES string of the molecule is O=C1Nc2ccncc2C1=Cc1cc2c([nH]1)CCCC2. The lowest BCUT2D eigenvalue weighted by molar-refractivity contribution is -0.110. The number of anilines is 1. The average Bonchev–Trinajstić information content (AvgIpc) is 3.00. The highest BCUT2D eigenvalue weighted by molar-refractivity contribution is 6.34. The zero-order valence-corrected chi connectivity index (χ0v) is 11.1. The van der Waals surface area contributed by atoms with E-state index in [0.717, 1.165) is 29.8 Å². The molecular formula is C16H15N3O. The molecule has 4 nitrogen and oxygen atoms in total. The van der Waals surface area contributed by atoms with Crippen LogP contribution in [0.3, 0.4) is 0 Å². The predicted octanol–water partition coefficient (Wildman–Crippen LogP) is 2.78. The van der Waals surface area contributed by atoms with Crippen LogP contribution in [0.1, 0.15) is 35.4 Å². The van der Waals surface area contributed by atoms with Crippen molar-refractivity contribution in [1.29, 1.82) is 0 Å². The second-order valence-corrected chi connectivity index (χ2v) is 5.37. The number of nitrogens with one attached hydrogen (secondary N) is 2. The van der Waals surface area contributed by atoms with Gasteiger partial charge in [0, 0.05) is 29.3 Å². The summed E-state index contributed by atoms with van der Waals surface area (Å²) in [6, 6.07) is 4.00. The molecular weight excluding hydrogens is 250 g/mol. The fourth-order valence-electron chi connectivity index (χ4n) is 3.04. The standard InChI is InChI=1S/C16H15N3O/c20-16-12(13-9-17-6-5-15(13)19-16)8-11-7-10-3-1-2-4-14(10)18-11/h5-9,18H,1-4H2,(H,19,20). The molecule has 4 rings (SSSR count). The Morgan fingerprint density at radius 1 is 1.25 bits per heavy atom. The molecule has 2 aliphatic rings. The van der Waals surface area contributed by atoms with Crippen LogP contribution in [-0.4, -0.2) is 15.9 Å². The lowest BCUT2D eigenvalue weighted by atomic mass is 9.98. The van der Waals surface area contributed by atoms with Crippen LogP contribution in [0.4, 0.5) is 5.69 Å². The third-order valence-corrected chi connectivity index (χ3v) is 4.04. The van der Waals surface area contributed by atoms with Crippen molar-refractivity contribution in [2.75, 3.05) is 5.32 Å². The highest BCUT2D eigenvalue weighted by Gasteiger charge is 2.24.